The number of aromatic nitrogens is 2. The zero-order valence-electron chi connectivity index (χ0n) is 7.30. The summed E-state index contributed by atoms with van der Waals surface area (Å²) >= 11 is 0. The van der Waals surface area contributed by atoms with E-state index in [1.807, 2.05) is 0 Å². The maximum Gasteiger partial charge on any atom is 0.112 e. The number of fused-ring (bicyclic) bond motifs is 1. The van der Waals surface area contributed by atoms with Crippen molar-refractivity contribution in [3.05, 3.63) is 17.2 Å². The van der Waals surface area contributed by atoms with E-state index in [0.29, 0.717) is 0 Å². The Morgan fingerprint density at radius 1 is 1.42 bits per heavy atom. The van der Waals surface area contributed by atoms with Gasteiger partial charge in [-0.1, -0.05) is 0 Å². The predicted molar refractivity (Wildman–Crippen MR) is 45.7 cm³/mol. The smallest absolute Gasteiger partial charge is 0.112 e. The van der Waals surface area contributed by atoms with Crippen LogP contribution < -0.4 is 5.32 Å². The lowest BCUT2D eigenvalue weighted by Gasteiger charge is -2.01. The summed E-state index contributed by atoms with van der Waals surface area (Å²) in [5.74, 6) is 2.10. The highest BCUT2D eigenvalue weighted by molar-refractivity contribution is 5.24. The molecule has 3 heteroatoms. The summed E-state index contributed by atoms with van der Waals surface area (Å²) in [5, 5.41) is 3.31. The van der Waals surface area contributed by atoms with Crippen LogP contribution in [0.1, 0.15) is 36.0 Å². The van der Waals surface area contributed by atoms with Crippen LogP contribution in [0, 0.1) is 0 Å². The maximum atomic E-state index is 4.65. The molecule has 0 unspecified atom stereocenters. The standard InChI is InChI=1S/C9H13N3/c1-12-8-5-10-4-7(8)11-9(12)6-2-3-6/h6,10H,2-5H2,1H3. The van der Waals surface area contributed by atoms with Gasteiger partial charge in [0.05, 0.1) is 11.4 Å². The molecule has 0 bridgehead atoms. The number of nitrogens with zero attached hydrogens (tertiary/aromatic N) is 2. The Bertz CT molecular complexity index is 323. The third-order valence-corrected chi connectivity index (χ3v) is 2.86. The fraction of sp³-hybridized carbons (Fsp3) is 0.667. The number of hydrogen-bond donors (Lipinski definition) is 1. The molecule has 64 valence electrons. The highest BCUT2D eigenvalue weighted by Gasteiger charge is 2.30. The molecule has 3 rings (SSSR count). The normalized spacial score (nSPS) is 21.4. The van der Waals surface area contributed by atoms with Crippen molar-refractivity contribution in [1.29, 1.82) is 0 Å². The largest absolute Gasteiger partial charge is 0.333 e. The van der Waals surface area contributed by atoms with Crippen LogP contribution in [0.3, 0.4) is 0 Å². The lowest BCUT2D eigenvalue weighted by atomic mass is 10.4. The van der Waals surface area contributed by atoms with Crippen LogP contribution in [0.15, 0.2) is 0 Å². The van der Waals surface area contributed by atoms with Crippen molar-refractivity contribution in [3.8, 4) is 0 Å². The van der Waals surface area contributed by atoms with E-state index in [-0.39, 0.29) is 0 Å². The van der Waals surface area contributed by atoms with E-state index in [1.165, 1.54) is 30.1 Å². The maximum absolute atomic E-state index is 4.65. The first-order valence-corrected chi connectivity index (χ1v) is 4.61. The van der Waals surface area contributed by atoms with Crippen molar-refractivity contribution >= 4 is 0 Å². The fourth-order valence-electron chi connectivity index (χ4n) is 1.98. The first kappa shape index (κ1) is 6.66. The van der Waals surface area contributed by atoms with Gasteiger partial charge >= 0.3 is 0 Å². The van der Waals surface area contributed by atoms with Crippen LogP contribution in [0.2, 0.25) is 0 Å². The van der Waals surface area contributed by atoms with E-state index in [0.717, 1.165) is 19.0 Å². The van der Waals surface area contributed by atoms with Crippen LogP contribution in [0.4, 0.5) is 0 Å². The second kappa shape index (κ2) is 2.10. The van der Waals surface area contributed by atoms with Gasteiger partial charge in [-0.25, -0.2) is 4.98 Å². The highest BCUT2D eigenvalue weighted by Crippen LogP contribution is 2.40. The number of imidazole rings is 1. The highest BCUT2D eigenvalue weighted by atomic mass is 15.1. The van der Waals surface area contributed by atoms with E-state index >= 15 is 0 Å². The lowest BCUT2D eigenvalue weighted by molar-refractivity contribution is 0.684. The Kier molecular flexibility index (Phi) is 1.17. The van der Waals surface area contributed by atoms with Gasteiger partial charge in [0, 0.05) is 26.1 Å². The van der Waals surface area contributed by atoms with Crippen LogP contribution in [-0.2, 0) is 20.1 Å². The van der Waals surface area contributed by atoms with E-state index in [9.17, 15) is 0 Å². The summed E-state index contributed by atoms with van der Waals surface area (Å²) in [7, 11) is 2.15. The summed E-state index contributed by atoms with van der Waals surface area (Å²) in [4.78, 5) is 4.65. The van der Waals surface area contributed by atoms with Crippen molar-refractivity contribution in [2.75, 3.05) is 0 Å². The van der Waals surface area contributed by atoms with Crippen molar-refractivity contribution in [3.63, 3.8) is 0 Å². The zero-order chi connectivity index (χ0) is 8.13. The van der Waals surface area contributed by atoms with Gasteiger partial charge in [-0.3, -0.25) is 0 Å². The van der Waals surface area contributed by atoms with Crippen molar-refractivity contribution < 1.29 is 0 Å². The van der Waals surface area contributed by atoms with Gasteiger partial charge in [0.2, 0.25) is 0 Å². The summed E-state index contributed by atoms with van der Waals surface area (Å²) in [6.07, 6.45) is 2.69. The quantitative estimate of drug-likeness (QED) is 0.666. The van der Waals surface area contributed by atoms with Crippen LogP contribution in [-0.4, -0.2) is 9.55 Å². The molecule has 1 N–H and O–H groups in total. The van der Waals surface area contributed by atoms with E-state index in [2.05, 4.69) is 21.9 Å². The molecule has 1 aliphatic carbocycles. The summed E-state index contributed by atoms with van der Waals surface area (Å²) < 4.78 is 2.28. The second-order valence-electron chi connectivity index (χ2n) is 3.80. The molecule has 3 nitrogen and oxygen atoms in total. The molecule has 0 radical (unpaired) electrons. The van der Waals surface area contributed by atoms with E-state index in [4.69, 9.17) is 0 Å². The molecule has 0 saturated heterocycles. The van der Waals surface area contributed by atoms with Gasteiger partial charge < -0.3 is 9.88 Å². The van der Waals surface area contributed by atoms with E-state index in [1.54, 1.807) is 0 Å². The molecule has 1 fully saturated rings. The fourth-order valence-corrected chi connectivity index (χ4v) is 1.98. The molecule has 12 heavy (non-hydrogen) atoms. The van der Waals surface area contributed by atoms with Gasteiger partial charge in [0.1, 0.15) is 5.82 Å². The van der Waals surface area contributed by atoms with Gasteiger partial charge in [0.25, 0.3) is 0 Å². The molecule has 1 aromatic heterocycles. The number of hydrogen-bond acceptors (Lipinski definition) is 2. The SMILES string of the molecule is Cn1c(C2CC2)nc2c1CNC2. The third-order valence-electron chi connectivity index (χ3n) is 2.86. The van der Waals surface area contributed by atoms with Gasteiger partial charge in [-0.15, -0.1) is 0 Å². The van der Waals surface area contributed by atoms with Crippen LogP contribution >= 0.6 is 0 Å². The molecule has 1 saturated carbocycles. The first-order valence-electron chi connectivity index (χ1n) is 4.61. The molecular weight excluding hydrogens is 150 g/mol. The van der Waals surface area contributed by atoms with Gasteiger partial charge in [0.15, 0.2) is 0 Å². The van der Waals surface area contributed by atoms with Crippen LogP contribution in [0.25, 0.3) is 0 Å². The monoisotopic (exact) mass is 163 g/mol. The molecule has 0 amide bonds. The van der Waals surface area contributed by atoms with Gasteiger partial charge in [-0.2, -0.15) is 0 Å². The number of rotatable bonds is 1. The number of nitrogens with one attached hydrogen (secondary N) is 1. The minimum absolute atomic E-state index is 0.778. The summed E-state index contributed by atoms with van der Waals surface area (Å²) in [6, 6.07) is 0. The Morgan fingerprint density at radius 3 is 2.92 bits per heavy atom. The van der Waals surface area contributed by atoms with Crippen molar-refractivity contribution in [1.82, 2.24) is 14.9 Å². The second-order valence-corrected chi connectivity index (χ2v) is 3.80. The topological polar surface area (TPSA) is 29.9 Å². The molecule has 2 aliphatic rings. The third kappa shape index (κ3) is 0.771. The molecule has 1 aromatic rings. The lowest BCUT2D eigenvalue weighted by Crippen LogP contribution is -2.07. The Balaban J connectivity index is 2.10. The summed E-state index contributed by atoms with van der Waals surface area (Å²) in [5.41, 5.74) is 2.68. The average Bonchev–Trinajstić information content (AvgIpc) is 2.71. The zero-order valence-corrected chi connectivity index (χ0v) is 7.30. The minimum atomic E-state index is 0.778. The molecule has 0 spiro atoms. The van der Waals surface area contributed by atoms with Gasteiger partial charge in [-0.05, 0) is 12.8 Å². The average molecular weight is 163 g/mol. The molecule has 2 heterocycles. The minimum Gasteiger partial charge on any atom is -0.333 e. The van der Waals surface area contributed by atoms with E-state index < -0.39 is 0 Å². The Labute approximate surface area is 71.8 Å². The summed E-state index contributed by atoms with van der Waals surface area (Å²) in [6.45, 7) is 1.97. The Hall–Kier alpha value is -0.830. The van der Waals surface area contributed by atoms with Crippen molar-refractivity contribution in [2.24, 2.45) is 7.05 Å². The predicted octanol–water partition coefficient (Wildman–Crippen LogP) is 0.901. The van der Waals surface area contributed by atoms with Crippen LogP contribution in [0.5, 0.6) is 0 Å². The Morgan fingerprint density at radius 2 is 2.25 bits per heavy atom. The molecule has 1 aliphatic heterocycles. The molecular formula is C9H13N3. The molecule has 0 aromatic carbocycles. The molecule has 0 atom stereocenters. The van der Waals surface area contributed by atoms with Crippen molar-refractivity contribution in [2.45, 2.75) is 31.8 Å². The first-order chi connectivity index (χ1) is 5.86.